The molecule has 0 unspecified atom stereocenters. The van der Waals surface area contributed by atoms with E-state index in [4.69, 9.17) is 30.5 Å². The zero-order valence-electron chi connectivity index (χ0n) is 14.9. The maximum atomic E-state index is 12.2. The fourth-order valence-electron chi connectivity index (χ4n) is 2.62. The number of rotatable bonds is 9. The van der Waals surface area contributed by atoms with E-state index >= 15 is 0 Å². The number of carbonyl (C=O) groups is 3. The van der Waals surface area contributed by atoms with Crippen molar-refractivity contribution >= 4 is 31.5 Å². The summed E-state index contributed by atoms with van der Waals surface area (Å²) < 4.78 is 21.2. The molecule has 0 bridgehead atoms. The van der Waals surface area contributed by atoms with Gasteiger partial charge in [-0.05, 0) is 0 Å². The van der Waals surface area contributed by atoms with Crippen LogP contribution in [0.2, 0.25) is 0 Å². The van der Waals surface area contributed by atoms with E-state index < -0.39 is 80.8 Å². The first-order valence-corrected chi connectivity index (χ1v) is 9.64. The molecule has 1 aromatic rings. The van der Waals surface area contributed by atoms with Crippen LogP contribution >= 0.6 is 7.82 Å². The number of nitrogens with zero attached hydrogens (tertiary/aromatic N) is 2. The summed E-state index contributed by atoms with van der Waals surface area (Å²) in [6.07, 6.45) is -6.03. The van der Waals surface area contributed by atoms with Gasteiger partial charge in [0.25, 0.3) is 5.91 Å². The molecule has 1 aromatic heterocycles. The summed E-state index contributed by atoms with van der Waals surface area (Å²) in [7, 11) is -4.87. The molecule has 0 saturated carbocycles. The van der Waals surface area contributed by atoms with Gasteiger partial charge in [-0.2, -0.15) is 0 Å². The maximum absolute atomic E-state index is 12.2. The number of ether oxygens (including phenoxy) is 1. The fourth-order valence-corrected chi connectivity index (χ4v) is 2.96. The third kappa shape index (κ3) is 5.51. The lowest BCUT2D eigenvalue weighted by molar-refractivity contribution is -0.145. The molecule has 168 valence electrons. The Morgan fingerprint density at radius 3 is 2.47 bits per heavy atom. The molecule has 16 nitrogen and oxygen atoms in total. The standard InChI is InChI=1S/C13H19N4O12P/c14-10-7(11(22)16-4(13(23)24)1-6(18)19)15-3-17(10)12-9(21)8(20)5(29-12)2-28-30(25,26)27/h3-5,8-9,12,20-21H,1-2,14H2,(H,16,22)(H,18,19)(H,23,24)(H2,25,26,27)/t4-,5+,8+,9+,12+/m0/s1. The van der Waals surface area contributed by atoms with Crippen LogP contribution in [0.25, 0.3) is 0 Å². The number of nitrogens with two attached hydrogens (primary N) is 1. The van der Waals surface area contributed by atoms with E-state index in [1.165, 1.54) is 0 Å². The number of aliphatic hydroxyl groups is 2. The summed E-state index contributed by atoms with van der Waals surface area (Å²) in [6, 6.07) is -1.76. The van der Waals surface area contributed by atoms with Crippen LogP contribution in [0.1, 0.15) is 23.1 Å². The zero-order valence-corrected chi connectivity index (χ0v) is 15.8. The van der Waals surface area contributed by atoms with Crippen molar-refractivity contribution in [1.82, 2.24) is 14.9 Å². The van der Waals surface area contributed by atoms with Crippen molar-refractivity contribution in [3.63, 3.8) is 0 Å². The third-order valence-electron chi connectivity index (χ3n) is 4.05. The van der Waals surface area contributed by atoms with Gasteiger partial charge in [0.15, 0.2) is 11.9 Å². The van der Waals surface area contributed by atoms with Crippen molar-refractivity contribution in [1.29, 1.82) is 0 Å². The second kappa shape index (κ2) is 9.05. The minimum atomic E-state index is -4.87. The first kappa shape index (κ1) is 23.7. The van der Waals surface area contributed by atoms with Gasteiger partial charge in [0, 0.05) is 0 Å². The molecule has 9 N–H and O–H groups in total. The van der Waals surface area contributed by atoms with E-state index in [0.29, 0.717) is 0 Å². The molecule has 0 aliphatic carbocycles. The van der Waals surface area contributed by atoms with Gasteiger partial charge in [0.1, 0.15) is 30.2 Å². The van der Waals surface area contributed by atoms with Gasteiger partial charge in [-0.25, -0.2) is 14.3 Å². The Morgan fingerprint density at radius 2 is 1.93 bits per heavy atom. The van der Waals surface area contributed by atoms with Gasteiger partial charge in [-0.3, -0.25) is 18.7 Å². The summed E-state index contributed by atoms with van der Waals surface area (Å²) in [5.74, 6) is -4.61. The number of anilines is 1. The number of hydrogen-bond acceptors (Lipinski definition) is 10. The SMILES string of the molecule is Nc1c(C(=O)N[C@@H](CC(=O)O)C(=O)O)ncn1[C@@H]1O[C@H](COP(=O)(O)O)[C@@H](O)[C@H]1O. The number of carboxylic acids is 2. The number of nitrogens with one attached hydrogen (secondary N) is 1. The Kier molecular flexibility index (Phi) is 7.14. The number of hydrogen-bond donors (Lipinski definition) is 8. The highest BCUT2D eigenvalue weighted by atomic mass is 31.2. The van der Waals surface area contributed by atoms with Crippen molar-refractivity contribution in [3.8, 4) is 0 Å². The Hall–Kier alpha value is -2.59. The quantitative estimate of drug-likeness (QED) is 0.171. The van der Waals surface area contributed by atoms with Crippen LogP contribution in [0.15, 0.2) is 6.33 Å². The molecule has 17 heteroatoms. The normalized spacial score (nSPS) is 25.1. The molecule has 2 heterocycles. The molecular weight excluding hydrogens is 435 g/mol. The lowest BCUT2D eigenvalue weighted by Gasteiger charge is -2.18. The average Bonchev–Trinajstić information content (AvgIpc) is 3.12. The first-order chi connectivity index (χ1) is 13.8. The Bertz CT molecular complexity index is 868. The smallest absolute Gasteiger partial charge is 0.469 e. The van der Waals surface area contributed by atoms with E-state index in [9.17, 15) is 29.2 Å². The molecule has 0 aromatic carbocycles. The summed E-state index contributed by atoms with van der Waals surface area (Å²) in [5.41, 5.74) is 5.27. The summed E-state index contributed by atoms with van der Waals surface area (Å²) in [4.78, 5) is 55.1. The fraction of sp³-hybridized carbons (Fsp3) is 0.538. The highest BCUT2D eigenvalue weighted by Gasteiger charge is 2.45. The minimum absolute atomic E-state index is 0.417. The van der Waals surface area contributed by atoms with Crippen molar-refractivity contribution in [2.45, 2.75) is 37.0 Å². The van der Waals surface area contributed by atoms with Gasteiger partial charge in [0.2, 0.25) is 0 Å². The van der Waals surface area contributed by atoms with E-state index in [2.05, 4.69) is 9.51 Å². The van der Waals surface area contributed by atoms with Crippen molar-refractivity contribution in [3.05, 3.63) is 12.0 Å². The number of aromatic nitrogens is 2. The van der Waals surface area contributed by atoms with Crippen molar-refractivity contribution in [2.24, 2.45) is 0 Å². The predicted octanol–water partition coefficient (Wildman–Crippen LogP) is -3.15. The van der Waals surface area contributed by atoms with Gasteiger partial charge in [-0.15, -0.1) is 0 Å². The number of phosphoric ester groups is 1. The van der Waals surface area contributed by atoms with Gasteiger partial charge < -0.3 is 46.0 Å². The van der Waals surface area contributed by atoms with Crippen molar-refractivity contribution < 1.29 is 58.4 Å². The number of carboxylic acid groups (broad SMARTS) is 2. The predicted molar refractivity (Wildman–Crippen MR) is 91.7 cm³/mol. The molecule has 5 atom stereocenters. The number of nitrogen functional groups attached to an aromatic ring is 1. The lowest BCUT2D eigenvalue weighted by Crippen LogP contribution is -2.42. The molecular formula is C13H19N4O12P. The van der Waals surface area contributed by atoms with Crippen LogP contribution in [0.5, 0.6) is 0 Å². The van der Waals surface area contributed by atoms with E-state index in [1.54, 1.807) is 0 Å². The van der Waals surface area contributed by atoms with Crippen LogP contribution in [-0.2, 0) is 23.4 Å². The van der Waals surface area contributed by atoms with Crippen LogP contribution in [0.3, 0.4) is 0 Å². The van der Waals surface area contributed by atoms with E-state index in [-0.39, 0.29) is 0 Å². The van der Waals surface area contributed by atoms with Crippen LogP contribution in [-0.4, -0.2) is 88.6 Å². The summed E-state index contributed by atoms with van der Waals surface area (Å²) in [6.45, 7) is -0.767. The molecule has 1 aliphatic heterocycles. The topological polar surface area (TPSA) is 264 Å². The Morgan fingerprint density at radius 1 is 1.30 bits per heavy atom. The molecule has 1 aliphatic rings. The Balaban J connectivity index is 2.16. The number of phosphoric acid groups is 1. The molecule has 1 fully saturated rings. The van der Waals surface area contributed by atoms with Crippen LogP contribution < -0.4 is 11.1 Å². The maximum Gasteiger partial charge on any atom is 0.469 e. The van der Waals surface area contributed by atoms with Gasteiger partial charge in [0.05, 0.1) is 19.4 Å². The van der Waals surface area contributed by atoms with Gasteiger partial charge >= 0.3 is 19.8 Å². The molecule has 0 radical (unpaired) electrons. The van der Waals surface area contributed by atoms with Crippen LogP contribution in [0, 0.1) is 0 Å². The number of aliphatic carboxylic acids is 2. The van der Waals surface area contributed by atoms with Crippen LogP contribution in [0.4, 0.5) is 5.82 Å². The zero-order chi connectivity index (χ0) is 22.8. The lowest BCUT2D eigenvalue weighted by atomic mass is 10.1. The molecule has 1 saturated heterocycles. The van der Waals surface area contributed by atoms with Gasteiger partial charge in [-0.1, -0.05) is 0 Å². The monoisotopic (exact) mass is 454 g/mol. The average molecular weight is 454 g/mol. The first-order valence-electron chi connectivity index (χ1n) is 8.11. The number of amides is 1. The molecule has 2 rings (SSSR count). The summed E-state index contributed by atoms with van der Waals surface area (Å²) >= 11 is 0. The molecule has 30 heavy (non-hydrogen) atoms. The molecule has 0 spiro atoms. The van der Waals surface area contributed by atoms with Crippen molar-refractivity contribution in [2.75, 3.05) is 12.3 Å². The second-order valence-corrected chi connectivity index (χ2v) is 7.42. The summed E-state index contributed by atoms with van der Waals surface area (Å²) in [5, 5.41) is 39.7. The Labute approximate surface area is 167 Å². The number of imidazole rings is 1. The van der Waals surface area contributed by atoms with E-state index in [1.807, 2.05) is 5.32 Å². The minimum Gasteiger partial charge on any atom is -0.481 e. The highest BCUT2D eigenvalue weighted by Crippen LogP contribution is 2.38. The highest BCUT2D eigenvalue weighted by molar-refractivity contribution is 7.46. The van der Waals surface area contributed by atoms with E-state index in [0.717, 1.165) is 10.9 Å². The second-order valence-electron chi connectivity index (χ2n) is 6.18. The molecule has 1 amide bonds. The third-order valence-corrected chi connectivity index (χ3v) is 4.53. The number of carbonyl (C=O) groups excluding carboxylic acids is 1. The number of aliphatic hydroxyl groups excluding tert-OH is 2. The largest absolute Gasteiger partial charge is 0.481 e.